The van der Waals surface area contributed by atoms with Crippen LogP contribution in [-0.4, -0.2) is 26.3 Å². The molecule has 0 spiro atoms. The molecule has 2 N–H and O–H groups in total. The van der Waals surface area contributed by atoms with E-state index in [4.69, 9.17) is 0 Å². The van der Waals surface area contributed by atoms with Gasteiger partial charge in [0.05, 0.1) is 12.7 Å². The number of halogens is 1. The van der Waals surface area contributed by atoms with Crippen LogP contribution in [0.1, 0.15) is 59.3 Å². The second kappa shape index (κ2) is 5.20. The summed E-state index contributed by atoms with van der Waals surface area (Å²) in [6, 6.07) is 0. The Morgan fingerprint density at radius 3 is 2.57 bits per heavy atom. The molecule has 21 heavy (non-hydrogen) atoms. The van der Waals surface area contributed by atoms with Crippen LogP contribution in [0.3, 0.4) is 0 Å². The molecule has 0 amide bonds. The molecule has 6 atom stereocenters. The van der Waals surface area contributed by atoms with E-state index in [0.717, 1.165) is 25.7 Å². The highest BCUT2D eigenvalue weighted by Crippen LogP contribution is 2.63. The van der Waals surface area contributed by atoms with Gasteiger partial charge in [0.25, 0.3) is 0 Å². The lowest BCUT2D eigenvalue weighted by molar-refractivity contribution is -0.153. The lowest BCUT2D eigenvalue weighted by Gasteiger charge is -2.61. The summed E-state index contributed by atoms with van der Waals surface area (Å²) in [6.07, 6.45) is 8.95. The van der Waals surface area contributed by atoms with E-state index in [0.29, 0.717) is 15.3 Å². The van der Waals surface area contributed by atoms with Crippen molar-refractivity contribution in [3.63, 3.8) is 0 Å². The molecule has 0 radical (unpaired) electrons. The maximum absolute atomic E-state index is 10.5. The van der Waals surface area contributed by atoms with Gasteiger partial charge >= 0.3 is 0 Å². The fraction of sp³-hybridized carbons (Fsp3) is 0.889. The summed E-state index contributed by atoms with van der Waals surface area (Å²) in [5.41, 5.74) is 1.60. The number of hydrogen-bond acceptors (Lipinski definition) is 2. The van der Waals surface area contributed by atoms with Crippen LogP contribution in [0.25, 0.3) is 0 Å². The molecule has 0 saturated heterocycles. The van der Waals surface area contributed by atoms with Crippen LogP contribution in [0.15, 0.2) is 11.6 Å². The van der Waals surface area contributed by atoms with E-state index in [2.05, 4.69) is 49.4 Å². The first kappa shape index (κ1) is 16.3. The highest BCUT2D eigenvalue weighted by atomic mass is 127. The summed E-state index contributed by atoms with van der Waals surface area (Å²) in [7, 11) is 0. The van der Waals surface area contributed by atoms with Gasteiger partial charge in [-0.15, -0.1) is 0 Å². The Bertz CT molecular complexity index is 458. The van der Waals surface area contributed by atoms with E-state index in [9.17, 15) is 10.2 Å². The molecule has 2 fully saturated rings. The first-order valence-corrected chi connectivity index (χ1v) is 9.50. The van der Waals surface area contributed by atoms with Gasteiger partial charge in [0.1, 0.15) is 0 Å². The summed E-state index contributed by atoms with van der Waals surface area (Å²) in [4.78, 5) is 0. The quantitative estimate of drug-likeness (QED) is 0.393. The van der Waals surface area contributed by atoms with Crippen LogP contribution in [-0.2, 0) is 0 Å². The zero-order valence-corrected chi connectivity index (χ0v) is 15.7. The highest BCUT2D eigenvalue weighted by molar-refractivity contribution is 14.1. The molecule has 120 valence electrons. The Morgan fingerprint density at radius 1 is 1.19 bits per heavy atom. The minimum absolute atomic E-state index is 0.115. The van der Waals surface area contributed by atoms with Crippen molar-refractivity contribution in [3.8, 4) is 0 Å². The van der Waals surface area contributed by atoms with Gasteiger partial charge in [-0.25, -0.2) is 0 Å². The van der Waals surface area contributed by atoms with Crippen molar-refractivity contribution < 1.29 is 10.2 Å². The average molecular weight is 404 g/mol. The van der Waals surface area contributed by atoms with E-state index in [1.807, 2.05) is 0 Å². The third-order valence-corrected chi connectivity index (χ3v) is 7.87. The van der Waals surface area contributed by atoms with Crippen molar-refractivity contribution in [2.45, 2.75) is 68.8 Å². The SMILES string of the molecule is C[C@]12CC[C@H](O)[C@@](C)(CO)C1CCC1=C[C@@](C)(I)CCC12. The molecule has 0 aromatic rings. The third-order valence-electron chi connectivity index (χ3n) is 7.02. The van der Waals surface area contributed by atoms with Crippen molar-refractivity contribution in [2.75, 3.05) is 6.61 Å². The summed E-state index contributed by atoms with van der Waals surface area (Å²) in [5.74, 6) is 1.11. The summed E-state index contributed by atoms with van der Waals surface area (Å²) in [5, 5.41) is 20.5. The largest absolute Gasteiger partial charge is 0.396 e. The number of alkyl halides is 1. The predicted octanol–water partition coefficient (Wildman–Crippen LogP) is 4.09. The molecule has 3 aliphatic carbocycles. The van der Waals surface area contributed by atoms with Gasteiger partial charge in [-0.3, -0.25) is 0 Å². The monoisotopic (exact) mass is 404 g/mol. The maximum Gasteiger partial charge on any atom is 0.0618 e. The molecule has 0 aromatic heterocycles. The summed E-state index contributed by atoms with van der Waals surface area (Å²) in [6.45, 7) is 7.00. The molecule has 0 aliphatic heterocycles. The summed E-state index contributed by atoms with van der Waals surface area (Å²) < 4.78 is 0.321. The molecular weight excluding hydrogens is 375 g/mol. The molecule has 0 bridgehead atoms. The number of hydrogen-bond donors (Lipinski definition) is 2. The van der Waals surface area contributed by atoms with Crippen LogP contribution in [0.4, 0.5) is 0 Å². The topological polar surface area (TPSA) is 40.5 Å². The zero-order chi connectivity index (χ0) is 15.5. The van der Waals surface area contributed by atoms with Crippen molar-refractivity contribution >= 4 is 22.6 Å². The normalized spacial score (nSPS) is 53.6. The zero-order valence-electron chi connectivity index (χ0n) is 13.5. The summed E-state index contributed by atoms with van der Waals surface area (Å²) >= 11 is 2.59. The minimum Gasteiger partial charge on any atom is -0.396 e. The van der Waals surface area contributed by atoms with Crippen LogP contribution in [0.5, 0.6) is 0 Å². The van der Waals surface area contributed by atoms with Crippen LogP contribution in [0, 0.1) is 22.7 Å². The van der Waals surface area contributed by atoms with E-state index in [1.165, 1.54) is 12.8 Å². The average Bonchev–Trinajstić information content (AvgIpc) is 2.42. The minimum atomic E-state index is -0.343. The van der Waals surface area contributed by atoms with Gasteiger partial charge < -0.3 is 10.2 Å². The Hall–Kier alpha value is 0.390. The Kier molecular flexibility index (Phi) is 4.03. The smallest absolute Gasteiger partial charge is 0.0618 e. The van der Waals surface area contributed by atoms with Crippen LogP contribution in [0.2, 0.25) is 0 Å². The molecule has 3 aliphatic rings. The first-order chi connectivity index (χ1) is 9.73. The Balaban J connectivity index is 1.98. The molecule has 3 heteroatoms. The lowest BCUT2D eigenvalue weighted by Crippen LogP contribution is -2.58. The molecule has 2 unspecified atom stereocenters. The third kappa shape index (κ3) is 2.42. The molecular formula is C18H29IO2. The van der Waals surface area contributed by atoms with Crippen molar-refractivity contribution in [1.82, 2.24) is 0 Å². The van der Waals surface area contributed by atoms with E-state index >= 15 is 0 Å². The van der Waals surface area contributed by atoms with Crippen molar-refractivity contribution in [3.05, 3.63) is 11.6 Å². The maximum atomic E-state index is 10.5. The number of aliphatic hydroxyl groups excluding tert-OH is 2. The van der Waals surface area contributed by atoms with Crippen LogP contribution < -0.4 is 0 Å². The molecule has 0 heterocycles. The van der Waals surface area contributed by atoms with Crippen molar-refractivity contribution in [1.29, 1.82) is 0 Å². The number of fused-ring (bicyclic) bond motifs is 3. The Morgan fingerprint density at radius 2 is 1.90 bits per heavy atom. The van der Waals surface area contributed by atoms with Gasteiger partial charge in [0.15, 0.2) is 0 Å². The van der Waals surface area contributed by atoms with Crippen molar-refractivity contribution in [2.24, 2.45) is 22.7 Å². The predicted molar refractivity (Wildman–Crippen MR) is 94.5 cm³/mol. The molecule has 2 nitrogen and oxygen atoms in total. The van der Waals surface area contributed by atoms with Gasteiger partial charge in [-0.1, -0.05) is 48.1 Å². The Labute approximate surface area is 142 Å². The number of aliphatic hydroxyl groups is 2. The van der Waals surface area contributed by atoms with E-state index < -0.39 is 0 Å². The standard InChI is InChI=1S/C18H29IO2/c1-16(19)8-6-13-12(10-16)4-5-14-17(13,2)9-7-15(21)18(14,3)11-20/h10,13-15,20-21H,4-9,11H2,1-3H3/t13?,14?,15-,16-,17+,18-/m0/s1. The van der Waals surface area contributed by atoms with E-state index in [1.54, 1.807) is 5.57 Å². The van der Waals surface area contributed by atoms with E-state index in [-0.39, 0.29) is 23.5 Å². The van der Waals surface area contributed by atoms with Gasteiger partial charge in [-0.2, -0.15) is 0 Å². The fourth-order valence-corrected chi connectivity index (χ4v) is 6.42. The molecule has 0 aromatic carbocycles. The number of allylic oxidation sites excluding steroid dienone is 2. The first-order valence-electron chi connectivity index (χ1n) is 8.42. The molecule has 2 saturated carbocycles. The fourth-order valence-electron chi connectivity index (χ4n) is 5.71. The number of rotatable bonds is 1. The van der Waals surface area contributed by atoms with Gasteiger partial charge in [0, 0.05) is 8.84 Å². The highest BCUT2D eigenvalue weighted by Gasteiger charge is 2.58. The molecule has 3 rings (SSSR count). The van der Waals surface area contributed by atoms with Gasteiger partial charge in [-0.05, 0) is 62.7 Å². The van der Waals surface area contributed by atoms with Gasteiger partial charge in [0.2, 0.25) is 0 Å². The van der Waals surface area contributed by atoms with Crippen LogP contribution >= 0.6 is 22.6 Å². The second-order valence-electron chi connectivity index (χ2n) is 8.40. The lowest BCUT2D eigenvalue weighted by atomic mass is 9.45. The second-order valence-corrected chi connectivity index (χ2v) is 10.9.